The molecule has 1 aliphatic heterocycles. The van der Waals surface area contributed by atoms with Gasteiger partial charge in [-0.25, -0.2) is 0 Å². The summed E-state index contributed by atoms with van der Waals surface area (Å²) in [6.07, 6.45) is 4.51. The van der Waals surface area contributed by atoms with Gasteiger partial charge < -0.3 is 10.1 Å². The molecule has 1 aliphatic carbocycles. The molecule has 1 heterocycles. The normalized spacial score (nSPS) is 24.2. The molecule has 6 nitrogen and oxygen atoms in total. The van der Waals surface area contributed by atoms with E-state index in [-0.39, 0.29) is 0 Å². The molecular weight excluding hydrogens is 266 g/mol. The first kappa shape index (κ1) is 15.2. The summed E-state index contributed by atoms with van der Waals surface area (Å²) in [5.74, 6) is 0.556. The number of hydrogen-bond acceptors (Lipinski definition) is 4. The molecule has 0 radical (unpaired) electrons. The van der Waals surface area contributed by atoms with Gasteiger partial charge in [-0.3, -0.25) is 0 Å². The number of nitrogens with one attached hydrogen (secondary N) is 2. The zero-order valence-electron chi connectivity index (χ0n) is 11.6. The zero-order valence-corrected chi connectivity index (χ0v) is 12.4. The van der Waals surface area contributed by atoms with Gasteiger partial charge in [0.1, 0.15) is 0 Å². The van der Waals surface area contributed by atoms with Gasteiger partial charge >= 0.3 is 0 Å². The Kier molecular flexibility index (Phi) is 5.58. The molecule has 0 aromatic carbocycles. The Bertz CT molecular complexity index is 364. The molecule has 0 amide bonds. The van der Waals surface area contributed by atoms with Crippen molar-refractivity contribution in [2.75, 3.05) is 39.9 Å². The third-order valence-corrected chi connectivity index (χ3v) is 5.22. The molecule has 1 atom stereocenters. The van der Waals surface area contributed by atoms with Crippen LogP contribution in [0.1, 0.15) is 25.7 Å². The second-order valence-electron chi connectivity index (χ2n) is 5.45. The topological polar surface area (TPSA) is 70.7 Å². The Hall–Kier alpha value is -0.210. The first-order chi connectivity index (χ1) is 9.12. The van der Waals surface area contributed by atoms with Gasteiger partial charge in [0.15, 0.2) is 0 Å². The number of hydrogen-bond donors (Lipinski definition) is 2. The molecule has 2 N–H and O–H groups in total. The van der Waals surface area contributed by atoms with Crippen LogP contribution in [0.4, 0.5) is 0 Å². The highest BCUT2D eigenvalue weighted by molar-refractivity contribution is 7.87. The lowest BCUT2D eigenvalue weighted by molar-refractivity contribution is 0.203. The fourth-order valence-corrected chi connectivity index (χ4v) is 3.69. The number of methoxy groups -OCH3 is 1. The van der Waals surface area contributed by atoms with Crippen LogP contribution in [0.3, 0.4) is 0 Å². The van der Waals surface area contributed by atoms with E-state index >= 15 is 0 Å². The van der Waals surface area contributed by atoms with Gasteiger partial charge in [0.2, 0.25) is 0 Å². The summed E-state index contributed by atoms with van der Waals surface area (Å²) in [5.41, 5.74) is 0. The molecule has 1 saturated heterocycles. The van der Waals surface area contributed by atoms with Crippen molar-refractivity contribution in [1.82, 2.24) is 14.3 Å². The lowest BCUT2D eigenvalue weighted by atomic mass is 10.2. The van der Waals surface area contributed by atoms with Crippen LogP contribution in [0.25, 0.3) is 0 Å². The molecule has 0 aromatic rings. The van der Waals surface area contributed by atoms with Crippen LogP contribution in [0.5, 0.6) is 0 Å². The van der Waals surface area contributed by atoms with Gasteiger partial charge in [-0.15, -0.1) is 0 Å². The maximum atomic E-state index is 12.3. The molecular formula is C12H25N3O3S. The molecule has 0 spiro atoms. The van der Waals surface area contributed by atoms with Gasteiger partial charge in [-0.05, 0) is 38.1 Å². The maximum Gasteiger partial charge on any atom is 0.279 e. The van der Waals surface area contributed by atoms with E-state index in [0.717, 1.165) is 32.2 Å². The number of rotatable bonds is 9. The molecule has 1 saturated carbocycles. The van der Waals surface area contributed by atoms with E-state index in [9.17, 15) is 8.42 Å². The van der Waals surface area contributed by atoms with E-state index in [0.29, 0.717) is 38.2 Å². The van der Waals surface area contributed by atoms with Crippen LogP contribution in [0.2, 0.25) is 0 Å². The van der Waals surface area contributed by atoms with Crippen LogP contribution in [0, 0.1) is 5.92 Å². The van der Waals surface area contributed by atoms with Gasteiger partial charge in [0.05, 0.1) is 6.61 Å². The average Bonchev–Trinajstić information content (AvgIpc) is 3.03. The molecule has 2 fully saturated rings. The lowest BCUT2D eigenvalue weighted by Crippen LogP contribution is -2.47. The average molecular weight is 291 g/mol. The number of ether oxygens (including phenoxy) is 1. The number of nitrogens with zero attached hydrogens (tertiary/aromatic N) is 1. The Morgan fingerprint density at radius 2 is 2.11 bits per heavy atom. The van der Waals surface area contributed by atoms with Crippen molar-refractivity contribution in [3.63, 3.8) is 0 Å². The second kappa shape index (κ2) is 6.99. The highest BCUT2D eigenvalue weighted by Gasteiger charge is 2.32. The SMILES string of the molecule is COCCNS(=O)(=O)N(CC1CC1)CC1CCCN1. The van der Waals surface area contributed by atoms with Crippen LogP contribution in [-0.2, 0) is 14.9 Å². The highest BCUT2D eigenvalue weighted by Crippen LogP contribution is 2.30. The Morgan fingerprint density at radius 3 is 2.68 bits per heavy atom. The van der Waals surface area contributed by atoms with Gasteiger partial charge in [-0.2, -0.15) is 17.4 Å². The van der Waals surface area contributed by atoms with E-state index in [2.05, 4.69) is 10.0 Å². The van der Waals surface area contributed by atoms with Crippen LogP contribution < -0.4 is 10.0 Å². The van der Waals surface area contributed by atoms with Crippen molar-refractivity contribution in [3.05, 3.63) is 0 Å². The highest BCUT2D eigenvalue weighted by atomic mass is 32.2. The minimum absolute atomic E-state index is 0.303. The molecule has 19 heavy (non-hydrogen) atoms. The summed E-state index contributed by atoms with van der Waals surface area (Å²) in [7, 11) is -1.81. The third-order valence-electron chi connectivity index (χ3n) is 3.68. The van der Waals surface area contributed by atoms with Crippen LogP contribution >= 0.6 is 0 Å². The summed E-state index contributed by atoms with van der Waals surface area (Å²) in [5, 5.41) is 3.36. The minimum atomic E-state index is -3.37. The Balaban J connectivity index is 1.89. The molecule has 0 bridgehead atoms. The van der Waals surface area contributed by atoms with E-state index in [1.54, 1.807) is 11.4 Å². The van der Waals surface area contributed by atoms with Crippen molar-refractivity contribution in [2.45, 2.75) is 31.7 Å². The maximum absolute atomic E-state index is 12.3. The molecule has 2 aliphatic rings. The molecule has 2 rings (SSSR count). The van der Waals surface area contributed by atoms with Crippen molar-refractivity contribution in [1.29, 1.82) is 0 Å². The minimum Gasteiger partial charge on any atom is -0.383 e. The van der Waals surface area contributed by atoms with Gasteiger partial charge in [0.25, 0.3) is 10.2 Å². The predicted octanol–water partition coefficient (Wildman–Crippen LogP) is -0.0688. The summed E-state index contributed by atoms with van der Waals surface area (Å²) in [6, 6.07) is 0.303. The smallest absolute Gasteiger partial charge is 0.279 e. The first-order valence-corrected chi connectivity index (χ1v) is 8.53. The summed E-state index contributed by atoms with van der Waals surface area (Å²) >= 11 is 0. The van der Waals surface area contributed by atoms with Crippen molar-refractivity contribution < 1.29 is 13.2 Å². The predicted molar refractivity (Wildman–Crippen MR) is 74.1 cm³/mol. The van der Waals surface area contributed by atoms with Crippen molar-refractivity contribution in [2.24, 2.45) is 5.92 Å². The monoisotopic (exact) mass is 291 g/mol. The summed E-state index contributed by atoms with van der Waals surface area (Å²) in [4.78, 5) is 0. The van der Waals surface area contributed by atoms with Crippen LogP contribution in [-0.4, -0.2) is 58.7 Å². The molecule has 0 aromatic heterocycles. The van der Waals surface area contributed by atoms with Gasteiger partial charge in [0, 0.05) is 32.8 Å². The fourth-order valence-electron chi connectivity index (χ4n) is 2.38. The molecule has 7 heteroatoms. The molecule has 1 unspecified atom stereocenters. The fraction of sp³-hybridized carbons (Fsp3) is 1.00. The summed E-state index contributed by atoms with van der Waals surface area (Å²) in [6.45, 7) is 2.97. The Labute approximate surface area is 116 Å². The third kappa shape index (κ3) is 5.00. The summed E-state index contributed by atoms with van der Waals surface area (Å²) < 4.78 is 33.7. The second-order valence-corrected chi connectivity index (χ2v) is 7.20. The standard InChI is InChI=1S/C12H25N3O3S/c1-18-8-7-14-19(16,17)15(9-11-4-5-11)10-12-3-2-6-13-12/h11-14H,2-10H2,1H3. The van der Waals surface area contributed by atoms with E-state index in [1.165, 1.54) is 0 Å². The van der Waals surface area contributed by atoms with Crippen molar-refractivity contribution >= 4 is 10.2 Å². The first-order valence-electron chi connectivity index (χ1n) is 7.09. The Morgan fingerprint density at radius 1 is 1.32 bits per heavy atom. The quantitative estimate of drug-likeness (QED) is 0.584. The van der Waals surface area contributed by atoms with Gasteiger partial charge in [-0.1, -0.05) is 0 Å². The lowest BCUT2D eigenvalue weighted by Gasteiger charge is -2.25. The van der Waals surface area contributed by atoms with E-state index < -0.39 is 10.2 Å². The van der Waals surface area contributed by atoms with Crippen LogP contribution in [0.15, 0.2) is 0 Å². The van der Waals surface area contributed by atoms with Crippen molar-refractivity contribution in [3.8, 4) is 0 Å². The zero-order chi connectivity index (χ0) is 13.7. The largest absolute Gasteiger partial charge is 0.383 e. The molecule has 112 valence electrons. The van der Waals surface area contributed by atoms with E-state index in [1.807, 2.05) is 0 Å². The van der Waals surface area contributed by atoms with E-state index in [4.69, 9.17) is 4.74 Å².